The number of hydrogen-bond acceptors (Lipinski definition) is 5. The van der Waals surface area contributed by atoms with E-state index >= 15 is 0 Å². The summed E-state index contributed by atoms with van der Waals surface area (Å²) in [7, 11) is 0. The van der Waals surface area contributed by atoms with Crippen molar-refractivity contribution in [2.24, 2.45) is 0 Å². The minimum atomic E-state index is -0.659. The number of hydrogen-bond donors (Lipinski definition) is 2. The molecule has 150 valence electrons. The van der Waals surface area contributed by atoms with Crippen LogP contribution in [0.15, 0.2) is 12.1 Å². The zero-order valence-electron chi connectivity index (χ0n) is 16.0. The van der Waals surface area contributed by atoms with Crippen molar-refractivity contribution in [1.29, 1.82) is 0 Å². The fourth-order valence-corrected chi connectivity index (χ4v) is 4.15. The molecule has 0 spiro atoms. The number of nitrogens with zero attached hydrogens (tertiary/aromatic N) is 2. The van der Waals surface area contributed by atoms with Crippen LogP contribution in [-0.4, -0.2) is 68.6 Å². The van der Waals surface area contributed by atoms with Gasteiger partial charge < -0.3 is 20.3 Å². The van der Waals surface area contributed by atoms with Crippen molar-refractivity contribution in [3.05, 3.63) is 23.3 Å². The van der Waals surface area contributed by atoms with Gasteiger partial charge in [-0.05, 0) is 42.5 Å². The van der Waals surface area contributed by atoms with Crippen LogP contribution in [0.2, 0.25) is 0 Å². The number of anilines is 2. The topological polar surface area (TPSA) is 91.0 Å². The molecule has 4 rings (SSSR count). The minimum Gasteiger partial charge on any atom is -0.379 e. The van der Waals surface area contributed by atoms with Crippen LogP contribution < -0.4 is 15.5 Å². The average Bonchev–Trinajstić information content (AvgIpc) is 2.71. The predicted molar refractivity (Wildman–Crippen MR) is 104 cm³/mol. The summed E-state index contributed by atoms with van der Waals surface area (Å²) in [5.41, 5.74) is 3.77. The molecule has 0 aromatic heterocycles. The van der Waals surface area contributed by atoms with Crippen molar-refractivity contribution in [1.82, 2.24) is 10.2 Å². The first kappa shape index (κ1) is 18.9. The molecule has 3 heterocycles. The van der Waals surface area contributed by atoms with E-state index in [9.17, 15) is 14.4 Å². The monoisotopic (exact) mass is 386 g/mol. The number of carbonyl (C=O) groups excluding carboxylic acids is 3. The average molecular weight is 386 g/mol. The maximum Gasteiger partial charge on any atom is 0.313 e. The Morgan fingerprint density at radius 3 is 2.54 bits per heavy atom. The van der Waals surface area contributed by atoms with E-state index in [-0.39, 0.29) is 5.91 Å². The van der Waals surface area contributed by atoms with Crippen LogP contribution >= 0.6 is 0 Å². The molecule has 8 nitrogen and oxygen atoms in total. The van der Waals surface area contributed by atoms with Crippen molar-refractivity contribution in [2.75, 3.05) is 56.2 Å². The van der Waals surface area contributed by atoms with Crippen LogP contribution in [0, 0.1) is 0 Å². The Morgan fingerprint density at radius 2 is 1.75 bits per heavy atom. The Hall–Kier alpha value is -2.45. The summed E-state index contributed by atoms with van der Waals surface area (Å²) >= 11 is 0. The molecule has 0 unspecified atom stereocenters. The number of ether oxygens (including phenoxy) is 1. The maximum atomic E-state index is 12.3. The molecule has 0 atom stereocenters. The zero-order valence-corrected chi connectivity index (χ0v) is 16.0. The van der Waals surface area contributed by atoms with Crippen molar-refractivity contribution in [2.45, 2.75) is 25.7 Å². The smallest absolute Gasteiger partial charge is 0.313 e. The summed E-state index contributed by atoms with van der Waals surface area (Å²) in [6.07, 6.45) is 2.96. The summed E-state index contributed by atoms with van der Waals surface area (Å²) in [6.45, 7) is 5.00. The highest BCUT2D eigenvalue weighted by Gasteiger charge is 2.30. The van der Waals surface area contributed by atoms with E-state index in [1.807, 2.05) is 17.0 Å². The van der Waals surface area contributed by atoms with Gasteiger partial charge in [-0.25, -0.2) is 0 Å². The first-order valence-electron chi connectivity index (χ1n) is 9.97. The fourth-order valence-electron chi connectivity index (χ4n) is 4.15. The Labute approximate surface area is 164 Å². The van der Waals surface area contributed by atoms with Crippen molar-refractivity contribution < 1.29 is 19.1 Å². The highest BCUT2D eigenvalue weighted by atomic mass is 16.5. The van der Waals surface area contributed by atoms with E-state index in [0.29, 0.717) is 44.8 Å². The van der Waals surface area contributed by atoms with Gasteiger partial charge in [0.05, 0.1) is 18.9 Å². The number of benzene rings is 1. The summed E-state index contributed by atoms with van der Waals surface area (Å²) in [5.74, 6) is -1.12. The lowest BCUT2D eigenvalue weighted by Gasteiger charge is -2.35. The first-order chi connectivity index (χ1) is 13.6. The van der Waals surface area contributed by atoms with Gasteiger partial charge in [-0.1, -0.05) is 0 Å². The molecular weight excluding hydrogens is 360 g/mol. The Bertz CT molecular complexity index is 771. The lowest BCUT2D eigenvalue weighted by Crippen LogP contribution is -2.43. The molecule has 1 fully saturated rings. The van der Waals surface area contributed by atoms with Gasteiger partial charge >= 0.3 is 11.8 Å². The third-order valence-corrected chi connectivity index (χ3v) is 5.56. The molecule has 8 heteroatoms. The maximum absolute atomic E-state index is 12.3. The first-order valence-corrected chi connectivity index (χ1v) is 9.97. The van der Waals surface area contributed by atoms with Crippen LogP contribution in [0.5, 0.6) is 0 Å². The van der Waals surface area contributed by atoms with Crippen LogP contribution in [0.3, 0.4) is 0 Å². The molecule has 0 radical (unpaired) electrons. The lowest BCUT2D eigenvalue weighted by atomic mass is 9.91. The van der Waals surface area contributed by atoms with Gasteiger partial charge in [0.25, 0.3) is 0 Å². The molecule has 1 aromatic rings. The van der Waals surface area contributed by atoms with Gasteiger partial charge in [-0.2, -0.15) is 0 Å². The number of nitrogens with one attached hydrogen (secondary N) is 2. The highest BCUT2D eigenvalue weighted by Crippen LogP contribution is 2.37. The normalized spacial score (nSPS) is 19.1. The number of amides is 3. The standard InChI is InChI=1S/C20H26N4O4/c25-17-4-3-15-13-16(12-14-2-1-6-24(17)18(14)15)22-20(27)19(26)21-5-7-23-8-10-28-11-9-23/h12-13H,1-11H2,(H,21,26)(H,22,27). The Morgan fingerprint density at radius 1 is 1.00 bits per heavy atom. The summed E-state index contributed by atoms with van der Waals surface area (Å²) < 4.78 is 5.29. The zero-order chi connectivity index (χ0) is 19.5. The minimum absolute atomic E-state index is 0.171. The second-order valence-electron chi connectivity index (χ2n) is 7.46. The SMILES string of the molecule is O=C(NCCN1CCOCC1)C(=O)Nc1cc2c3c(c1)CCC(=O)N3CCC2. The second-order valence-corrected chi connectivity index (χ2v) is 7.46. The Balaban J connectivity index is 1.35. The highest BCUT2D eigenvalue weighted by molar-refractivity contribution is 6.39. The van der Waals surface area contributed by atoms with Crippen molar-refractivity contribution in [3.63, 3.8) is 0 Å². The summed E-state index contributed by atoms with van der Waals surface area (Å²) in [4.78, 5) is 40.6. The molecule has 3 amide bonds. The van der Waals surface area contributed by atoms with Gasteiger partial charge in [0.2, 0.25) is 5.91 Å². The number of morpholine rings is 1. The summed E-state index contributed by atoms with van der Waals surface area (Å²) in [6, 6.07) is 3.78. The van der Waals surface area contributed by atoms with Crippen molar-refractivity contribution in [3.8, 4) is 0 Å². The molecule has 0 bridgehead atoms. The Kier molecular flexibility index (Phi) is 5.59. The predicted octanol–water partition coefficient (Wildman–Crippen LogP) is 0.299. The molecule has 0 saturated carbocycles. The number of aryl methyl sites for hydroxylation is 2. The van der Waals surface area contributed by atoms with E-state index in [0.717, 1.165) is 49.3 Å². The van der Waals surface area contributed by atoms with Gasteiger partial charge in [0.1, 0.15) is 0 Å². The number of carbonyl (C=O) groups is 3. The molecule has 0 aliphatic carbocycles. The molecule has 3 aliphatic rings. The molecule has 28 heavy (non-hydrogen) atoms. The van der Waals surface area contributed by atoms with Gasteiger partial charge in [-0.15, -0.1) is 0 Å². The lowest BCUT2D eigenvalue weighted by molar-refractivity contribution is -0.136. The van der Waals surface area contributed by atoms with Crippen LogP contribution in [0.1, 0.15) is 24.0 Å². The van der Waals surface area contributed by atoms with E-state index < -0.39 is 11.8 Å². The molecule has 1 saturated heterocycles. The van der Waals surface area contributed by atoms with Crippen molar-refractivity contribution >= 4 is 29.1 Å². The van der Waals surface area contributed by atoms with E-state index in [2.05, 4.69) is 15.5 Å². The second kappa shape index (κ2) is 8.28. The fraction of sp³-hybridized carbons (Fsp3) is 0.550. The van der Waals surface area contributed by atoms with E-state index in [1.54, 1.807) is 0 Å². The third kappa shape index (κ3) is 4.02. The number of rotatable bonds is 4. The van der Waals surface area contributed by atoms with Gasteiger partial charge in [0, 0.05) is 44.8 Å². The van der Waals surface area contributed by atoms with Gasteiger partial charge in [0.15, 0.2) is 0 Å². The molecular formula is C20H26N4O4. The molecule has 2 N–H and O–H groups in total. The van der Waals surface area contributed by atoms with Crippen LogP contribution in [-0.2, 0) is 32.0 Å². The van der Waals surface area contributed by atoms with Gasteiger partial charge in [-0.3, -0.25) is 19.3 Å². The third-order valence-electron chi connectivity index (χ3n) is 5.56. The molecule has 3 aliphatic heterocycles. The molecule has 1 aromatic carbocycles. The van der Waals surface area contributed by atoms with E-state index in [1.165, 1.54) is 0 Å². The quantitative estimate of drug-likeness (QED) is 0.727. The van der Waals surface area contributed by atoms with Crippen LogP contribution in [0.4, 0.5) is 11.4 Å². The summed E-state index contributed by atoms with van der Waals surface area (Å²) in [5, 5.41) is 5.40. The largest absolute Gasteiger partial charge is 0.379 e. The van der Waals surface area contributed by atoms with E-state index in [4.69, 9.17) is 4.74 Å². The van der Waals surface area contributed by atoms with Crippen LogP contribution in [0.25, 0.3) is 0 Å².